The first-order valence-electron chi connectivity index (χ1n) is 5.64. The molecule has 0 aliphatic heterocycles. The van der Waals surface area contributed by atoms with Crippen LogP contribution in [-0.2, 0) is 6.54 Å². The van der Waals surface area contributed by atoms with Crippen molar-refractivity contribution in [1.29, 1.82) is 0 Å². The quantitative estimate of drug-likeness (QED) is 0.772. The molecule has 5 nitrogen and oxygen atoms in total. The molecule has 0 radical (unpaired) electrons. The van der Waals surface area contributed by atoms with E-state index in [-0.39, 0.29) is 6.04 Å². The molecular weight excluding hydrogens is 190 g/mol. The van der Waals surface area contributed by atoms with Crippen LogP contribution in [0.4, 0.5) is 0 Å². The zero-order valence-corrected chi connectivity index (χ0v) is 10.1. The smallest absolute Gasteiger partial charge is 0.167 e. The van der Waals surface area contributed by atoms with Gasteiger partial charge in [0, 0.05) is 6.54 Å². The van der Waals surface area contributed by atoms with Crippen molar-refractivity contribution in [1.82, 2.24) is 25.5 Å². The molecule has 1 aromatic heterocycles. The Hall–Kier alpha value is -0.970. The van der Waals surface area contributed by atoms with E-state index in [9.17, 15) is 0 Å². The molecule has 0 amide bonds. The van der Waals surface area contributed by atoms with Gasteiger partial charge in [0.15, 0.2) is 5.82 Å². The molecule has 0 aliphatic rings. The van der Waals surface area contributed by atoms with Crippen LogP contribution in [0.1, 0.15) is 46.0 Å². The van der Waals surface area contributed by atoms with Crippen LogP contribution in [0.5, 0.6) is 0 Å². The van der Waals surface area contributed by atoms with Crippen LogP contribution >= 0.6 is 0 Å². The lowest BCUT2D eigenvalue weighted by atomic mass is 10.1. The summed E-state index contributed by atoms with van der Waals surface area (Å²) in [5, 5.41) is 15.1. The fourth-order valence-electron chi connectivity index (χ4n) is 1.46. The minimum atomic E-state index is 0.220. The maximum Gasteiger partial charge on any atom is 0.167 e. The van der Waals surface area contributed by atoms with Crippen molar-refractivity contribution in [2.75, 3.05) is 6.54 Å². The summed E-state index contributed by atoms with van der Waals surface area (Å²) in [7, 11) is 0. The van der Waals surface area contributed by atoms with Crippen molar-refractivity contribution in [3.05, 3.63) is 5.82 Å². The molecule has 0 bridgehead atoms. The number of nitrogens with one attached hydrogen (secondary N) is 1. The molecular formula is C10H21N5. The van der Waals surface area contributed by atoms with Crippen LogP contribution in [-0.4, -0.2) is 26.8 Å². The molecule has 0 aromatic carbocycles. The summed E-state index contributed by atoms with van der Waals surface area (Å²) in [6, 6.07) is 0.220. The fourth-order valence-corrected chi connectivity index (χ4v) is 1.46. The first-order chi connectivity index (χ1) is 7.15. The van der Waals surface area contributed by atoms with Gasteiger partial charge >= 0.3 is 0 Å². The third-order valence-electron chi connectivity index (χ3n) is 2.38. The summed E-state index contributed by atoms with van der Waals surface area (Å²) >= 11 is 0. The Bertz CT molecular complexity index is 281. The maximum absolute atomic E-state index is 4.05. The van der Waals surface area contributed by atoms with Crippen molar-refractivity contribution in [2.45, 2.75) is 46.7 Å². The average molecular weight is 211 g/mol. The van der Waals surface area contributed by atoms with Crippen molar-refractivity contribution >= 4 is 0 Å². The summed E-state index contributed by atoms with van der Waals surface area (Å²) in [6.07, 6.45) is 1.11. The highest BCUT2D eigenvalue weighted by Crippen LogP contribution is 2.09. The zero-order chi connectivity index (χ0) is 11.3. The number of hydrogen-bond donors (Lipinski definition) is 1. The molecule has 0 saturated carbocycles. The van der Waals surface area contributed by atoms with E-state index in [1.54, 1.807) is 0 Å². The van der Waals surface area contributed by atoms with E-state index in [1.165, 1.54) is 0 Å². The van der Waals surface area contributed by atoms with Crippen LogP contribution in [0.15, 0.2) is 0 Å². The number of nitrogens with zero attached hydrogens (tertiary/aromatic N) is 4. The molecule has 0 spiro atoms. The lowest BCUT2D eigenvalue weighted by Gasteiger charge is -2.12. The third-order valence-corrected chi connectivity index (χ3v) is 2.38. The number of hydrogen-bond acceptors (Lipinski definition) is 4. The molecule has 1 aromatic rings. The van der Waals surface area contributed by atoms with Crippen LogP contribution in [0.25, 0.3) is 0 Å². The van der Waals surface area contributed by atoms with Crippen LogP contribution in [0.2, 0.25) is 0 Å². The third kappa shape index (κ3) is 3.58. The molecule has 0 fully saturated rings. The van der Waals surface area contributed by atoms with E-state index < -0.39 is 0 Å². The summed E-state index contributed by atoms with van der Waals surface area (Å²) in [5.41, 5.74) is 0. The van der Waals surface area contributed by atoms with E-state index in [2.05, 4.69) is 48.5 Å². The minimum Gasteiger partial charge on any atom is -0.308 e. The van der Waals surface area contributed by atoms with E-state index in [4.69, 9.17) is 0 Å². The van der Waals surface area contributed by atoms with E-state index in [0.717, 1.165) is 25.3 Å². The molecule has 0 aliphatic carbocycles. The van der Waals surface area contributed by atoms with Gasteiger partial charge in [0.25, 0.3) is 0 Å². The highest BCUT2D eigenvalue weighted by atomic mass is 15.5. The van der Waals surface area contributed by atoms with Gasteiger partial charge < -0.3 is 5.32 Å². The zero-order valence-electron chi connectivity index (χ0n) is 10.1. The number of aromatic nitrogens is 4. The van der Waals surface area contributed by atoms with Gasteiger partial charge in [-0.1, -0.05) is 20.8 Å². The Morgan fingerprint density at radius 1 is 1.33 bits per heavy atom. The van der Waals surface area contributed by atoms with E-state index >= 15 is 0 Å². The van der Waals surface area contributed by atoms with E-state index in [1.807, 2.05) is 4.68 Å². The second-order valence-electron chi connectivity index (χ2n) is 4.22. The standard InChI is InChI=1S/C10H21N5/c1-5-11-9(4)10-12-13-14-15(10)7-6-8(2)3/h8-9,11H,5-7H2,1-4H3. The van der Waals surface area contributed by atoms with Gasteiger partial charge in [-0.25, -0.2) is 4.68 Å². The first-order valence-corrected chi connectivity index (χ1v) is 5.64. The van der Waals surface area contributed by atoms with Crippen LogP contribution < -0.4 is 5.32 Å². The Balaban J connectivity index is 2.60. The van der Waals surface area contributed by atoms with Gasteiger partial charge in [0.2, 0.25) is 0 Å². The lowest BCUT2D eigenvalue weighted by molar-refractivity contribution is 0.443. The number of tetrazole rings is 1. The summed E-state index contributed by atoms with van der Waals surface area (Å²) in [6.45, 7) is 10.4. The predicted molar refractivity (Wildman–Crippen MR) is 59.4 cm³/mol. The fraction of sp³-hybridized carbons (Fsp3) is 0.900. The van der Waals surface area contributed by atoms with E-state index in [0.29, 0.717) is 5.92 Å². The summed E-state index contributed by atoms with van der Waals surface area (Å²) in [5.74, 6) is 1.61. The Morgan fingerprint density at radius 3 is 2.67 bits per heavy atom. The summed E-state index contributed by atoms with van der Waals surface area (Å²) < 4.78 is 1.90. The Morgan fingerprint density at radius 2 is 2.07 bits per heavy atom. The molecule has 1 N–H and O–H groups in total. The Labute approximate surface area is 91.2 Å². The van der Waals surface area contributed by atoms with Gasteiger partial charge in [-0.2, -0.15) is 0 Å². The normalized spacial score (nSPS) is 13.4. The second-order valence-corrected chi connectivity index (χ2v) is 4.22. The number of aryl methyl sites for hydroxylation is 1. The van der Waals surface area contributed by atoms with Crippen LogP contribution in [0, 0.1) is 5.92 Å². The summed E-state index contributed by atoms with van der Waals surface area (Å²) in [4.78, 5) is 0. The molecule has 5 heteroatoms. The molecule has 1 atom stereocenters. The van der Waals surface area contributed by atoms with Crippen molar-refractivity contribution in [2.24, 2.45) is 5.92 Å². The van der Waals surface area contributed by atoms with Gasteiger partial charge in [-0.15, -0.1) is 5.10 Å². The monoisotopic (exact) mass is 211 g/mol. The first kappa shape index (κ1) is 12.1. The second kappa shape index (κ2) is 5.80. The van der Waals surface area contributed by atoms with Crippen molar-refractivity contribution in [3.8, 4) is 0 Å². The molecule has 1 heterocycles. The lowest BCUT2D eigenvalue weighted by Crippen LogP contribution is -2.22. The van der Waals surface area contributed by atoms with Gasteiger partial charge in [-0.3, -0.25) is 0 Å². The topological polar surface area (TPSA) is 55.6 Å². The maximum atomic E-state index is 4.05. The number of rotatable bonds is 6. The largest absolute Gasteiger partial charge is 0.308 e. The molecule has 86 valence electrons. The Kier molecular flexibility index (Phi) is 4.68. The van der Waals surface area contributed by atoms with Crippen molar-refractivity contribution < 1.29 is 0 Å². The minimum absolute atomic E-state index is 0.220. The highest BCUT2D eigenvalue weighted by Gasteiger charge is 2.13. The molecule has 0 saturated heterocycles. The SMILES string of the molecule is CCNC(C)c1nnnn1CCC(C)C. The van der Waals surface area contributed by atoms with Crippen LogP contribution in [0.3, 0.4) is 0 Å². The molecule has 1 rings (SSSR count). The molecule has 1 unspecified atom stereocenters. The average Bonchev–Trinajstić information content (AvgIpc) is 2.62. The van der Waals surface area contributed by atoms with Gasteiger partial charge in [-0.05, 0) is 36.2 Å². The van der Waals surface area contributed by atoms with Crippen molar-refractivity contribution in [3.63, 3.8) is 0 Å². The predicted octanol–water partition coefficient (Wildman–Crippen LogP) is 1.39. The van der Waals surface area contributed by atoms with Gasteiger partial charge in [0.1, 0.15) is 0 Å². The van der Waals surface area contributed by atoms with Gasteiger partial charge in [0.05, 0.1) is 6.04 Å². The molecule has 15 heavy (non-hydrogen) atoms. The highest BCUT2D eigenvalue weighted by molar-refractivity contribution is 4.89.